The lowest BCUT2D eigenvalue weighted by Crippen LogP contribution is -2.45. The summed E-state index contributed by atoms with van der Waals surface area (Å²) < 4.78 is 42.3. The molecule has 0 aromatic carbocycles. The SMILES string of the molecule is O=C(O)C1=CN(C(=O)O)C(OCC(F)(F)F)C(C2CCNCC2)=C1. The van der Waals surface area contributed by atoms with Gasteiger partial charge >= 0.3 is 18.2 Å². The molecule has 1 fully saturated rings. The quantitative estimate of drug-likeness (QED) is 0.715. The molecule has 1 saturated heterocycles. The van der Waals surface area contributed by atoms with Crippen molar-refractivity contribution in [2.45, 2.75) is 25.2 Å². The molecule has 0 spiro atoms. The lowest BCUT2D eigenvalue weighted by Gasteiger charge is -2.37. The van der Waals surface area contributed by atoms with E-state index in [0.29, 0.717) is 30.8 Å². The van der Waals surface area contributed by atoms with Crippen molar-refractivity contribution in [2.75, 3.05) is 19.7 Å². The van der Waals surface area contributed by atoms with Crippen molar-refractivity contribution in [1.29, 1.82) is 0 Å². The van der Waals surface area contributed by atoms with E-state index in [-0.39, 0.29) is 17.1 Å². The van der Waals surface area contributed by atoms with E-state index in [9.17, 15) is 27.9 Å². The summed E-state index contributed by atoms with van der Waals surface area (Å²) in [5.41, 5.74) is -0.0687. The summed E-state index contributed by atoms with van der Waals surface area (Å²) in [5, 5.41) is 21.5. The lowest BCUT2D eigenvalue weighted by molar-refractivity contribution is -0.192. The normalized spacial score (nSPS) is 22.8. The molecular weight excluding hydrogens is 333 g/mol. The molecule has 134 valence electrons. The van der Waals surface area contributed by atoms with Crippen LogP contribution in [0.5, 0.6) is 0 Å². The van der Waals surface area contributed by atoms with Crippen LogP contribution in [0.25, 0.3) is 0 Å². The first kappa shape index (κ1) is 18.3. The number of amides is 1. The van der Waals surface area contributed by atoms with Gasteiger partial charge in [-0.15, -0.1) is 0 Å². The molecule has 24 heavy (non-hydrogen) atoms. The third kappa shape index (κ3) is 4.48. The molecule has 2 aliphatic rings. The molecule has 0 aromatic rings. The van der Waals surface area contributed by atoms with Crippen molar-refractivity contribution >= 4 is 12.1 Å². The van der Waals surface area contributed by atoms with Crippen molar-refractivity contribution in [3.8, 4) is 0 Å². The van der Waals surface area contributed by atoms with Gasteiger partial charge in [-0.05, 0) is 43.5 Å². The number of carboxylic acid groups (broad SMARTS) is 2. The van der Waals surface area contributed by atoms with Gasteiger partial charge in [-0.1, -0.05) is 0 Å². The fourth-order valence-corrected chi connectivity index (χ4v) is 2.76. The Morgan fingerprint density at radius 1 is 1.29 bits per heavy atom. The molecule has 0 bridgehead atoms. The molecule has 3 N–H and O–H groups in total. The Kier molecular flexibility index (Phi) is 5.50. The second-order valence-electron chi connectivity index (χ2n) is 5.53. The Labute approximate surface area is 135 Å². The van der Waals surface area contributed by atoms with Gasteiger partial charge in [-0.25, -0.2) is 9.59 Å². The van der Waals surface area contributed by atoms with Crippen molar-refractivity contribution in [1.82, 2.24) is 10.2 Å². The van der Waals surface area contributed by atoms with Crippen LogP contribution >= 0.6 is 0 Å². The molecule has 1 unspecified atom stereocenters. The van der Waals surface area contributed by atoms with Crippen molar-refractivity contribution < 1.29 is 37.7 Å². The third-order valence-electron chi connectivity index (χ3n) is 3.82. The average Bonchev–Trinajstić information content (AvgIpc) is 2.52. The predicted molar refractivity (Wildman–Crippen MR) is 75.1 cm³/mol. The summed E-state index contributed by atoms with van der Waals surface area (Å²) in [6, 6.07) is 0. The lowest BCUT2D eigenvalue weighted by atomic mass is 9.86. The highest BCUT2D eigenvalue weighted by Crippen LogP contribution is 2.33. The molecule has 0 radical (unpaired) electrons. The smallest absolute Gasteiger partial charge is 0.413 e. The minimum atomic E-state index is -4.62. The van der Waals surface area contributed by atoms with E-state index in [2.05, 4.69) is 5.32 Å². The summed E-state index contributed by atoms with van der Waals surface area (Å²) in [6.07, 6.45) is -4.60. The van der Waals surface area contributed by atoms with Crippen LogP contribution in [0.15, 0.2) is 23.4 Å². The third-order valence-corrected chi connectivity index (χ3v) is 3.82. The van der Waals surface area contributed by atoms with Crippen LogP contribution < -0.4 is 5.32 Å². The van der Waals surface area contributed by atoms with E-state index >= 15 is 0 Å². The number of nitrogens with zero attached hydrogens (tertiary/aromatic N) is 1. The Hall–Kier alpha value is -2.07. The highest BCUT2D eigenvalue weighted by atomic mass is 19.4. The maximum absolute atomic E-state index is 12.5. The number of aliphatic carboxylic acids is 1. The first-order chi connectivity index (χ1) is 11.2. The van der Waals surface area contributed by atoms with E-state index in [0.717, 1.165) is 6.20 Å². The van der Waals surface area contributed by atoms with Gasteiger partial charge in [-0.2, -0.15) is 13.2 Å². The maximum atomic E-state index is 12.5. The number of hydrogen-bond acceptors (Lipinski definition) is 4. The monoisotopic (exact) mass is 350 g/mol. The maximum Gasteiger partial charge on any atom is 0.413 e. The zero-order valence-electron chi connectivity index (χ0n) is 12.5. The number of halogens is 3. The van der Waals surface area contributed by atoms with Crippen LogP contribution in [-0.4, -0.2) is 59.3 Å². The molecule has 1 amide bonds. The first-order valence-corrected chi connectivity index (χ1v) is 7.26. The summed E-state index contributed by atoms with van der Waals surface area (Å²) >= 11 is 0. The molecule has 2 heterocycles. The number of alkyl halides is 3. The van der Waals surface area contributed by atoms with Gasteiger partial charge in [0, 0.05) is 6.20 Å². The number of carboxylic acids is 1. The van der Waals surface area contributed by atoms with Gasteiger partial charge < -0.3 is 20.3 Å². The first-order valence-electron chi connectivity index (χ1n) is 7.26. The molecule has 2 aliphatic heterocycles. The van der Waals surface area contributed by atoms with Crippen LogP contribution in [0, 0.1) is 5.92 Å². The second kappa shape index (κ2) is 7.22. The Bertz CT molecular complexity index is 567. The number of rotatable bonds is 4. The highest BCUT2D eigenvalue weighted by Gasteiger charge is 2.38. The van der Waals surface area contributed by atoms with E-state index in [1.54, 1.807) is 0 Å². The number of carbonyl (C=O) groups is 2. The molecule has 2 rings (SSSR count). The Morgan fingerprint density at radius 3 is 2.42 bits per heavy atom. The fraction of sp³-hybridized carbons (Fsp3) is 0.571. The summed E-state index contributed by atoms with van der Waals surface area (Å²) in [5.74, 6) is -1.61. The van der Waals surface area contributed by atoms with Crippen LogP contribution in [0.1, 0.15) is 12.8 Å². The topological polar surface area (TPSA) is 99.1 Å². The molecule has 0 aromatic heterocycles. The average molecular weight is 350 g/mol. The van der Waals surface area contributed by atoms with Gasteiger partial charge in [-0.3, -0.25) is 4.90 Å². The van der Waals surface area contributed by atoms with E-state index in [1.165, 1.54) is 6.08 Å². The summed E-state index contributed by atoms with van der Waals surface area (Å²) in [6.45, 7) is -0.416. The second-order valence-corrected chi connectivity index (χ2v) is 5.53. The van der Waals surface area contributed by atoms with Crippen LogP contribution in [0.4, 0.5) is 18.0 Å². The van der Waals surface area contributed by atoms with Gasteiger partial charge in [0.1, 0.15) is 6.61 Å². The van der Waals surface area contributed by atoms with Gasteiger partial charge in [0.2, 0.25) is 0 Å². The van der Waals surface area contributed by atoms with Crippen LogP contribution in [0.3, 0.4) is 0 Å². The molecule has 7 nitrogen and oxygen atoms in total. The minimum absolute atomic E-state index is 0.239. The molecule has 10 heteroatoms. The van der Waals surface area contributed by atoms with Crippen molar-refractivity contribution in [3.63, 3.8) is 0 Å². The zero-order valence-corrected chi connectivity index (χ0v) is 12.5. The van der Waals surface area contributed by atoms with Crippen LogP contribution in [0.2, 0.25) is 0 Å². The number of piperidine rings is 1. The van der Waals surface area contributed by atoms with E-state index < -0.39 is 31.1 Å². The van der Waals surface area contributed by atoms with E-state index in [1.807, 2.05) is 0 Å². The number of ether oxygens (including phenoxy) is 1. The highest BCUT2D eigenvalue weighted by molar-refractivity contribution is 5.91. The summed E-state index contributed by atoms with van der Waals surface area (Å²) in [4.78, 5) is 23.1. The summed E-state index contributed by atoms with van der Waals surface area (Å²) in [7, 11) is 0. The minimum Gasteiger partial charge on any atom is -0.478 e. The van der Waals surface area contributed by atoms with Gasteiger partial charge in [0.25, 0.3) is 0 Å². The molecular formula is C14H17F3N2O5. The number of hydrogen-bond donors (Lipinski definition) is 3. The van der Waals surface area contributed by atoms with E-state index in [4.69, 9.17) is 9.84 Å². The van der Waals surface area contributed by atoms with Crippen LogP contribution in [-0.2, 0) is 9.53 Å². The molecule has 0 saturated carbocycles. The molecule has 1 atom stereocenters. The van der Waals surface area contributed by atoms with Gasteiger partial charge in [0.05, 0.1) is 5.57 Å². The Balaban J connectivity index is 2.34. The predicted octanol–water partition coefficient (Wildman–Crippen LogP) is 1.78. The standard InChI is InChI=1S/C14H17F3N2O5/c15-14(16,17)7-24-11-10(8-1-3-18-4-2-8)5-9(12(20)21)6-19(11)13(22)23/h5-6,8,11,18H,1-4,7H2,(H,20,21)(H,22,23). The van der Waals surface area contributed by atoms with Gasteiger partial charge in [0.15, 0.2) is 6.23 Å². The van der Waals surface area contributed by atoms with Crippen molar-refractivity contribution in [3.05, 3.63) is 23.4 Å². The fourth-order valence-electron chi connectivity index (χ4n) is 2.76. The number of nitrogens with one attached hydrogen (secondary N) is 1. The largest absolute Gasteiger partial charge is 0.478 e. The van der Waals surface area contributed by atoms with Crippen molar-refractivity contribution in [2.24, 2.45) is 5.92 Å². The molecule has 0 aliphatic carbocycles. The zero-order chi connectivity index (χ0) is 17.9. The Morgan fingerprint density at radius 2 is 1.92 bits per heavy atom.